The number of nitrogens with zero attached hydrogens (tertiary/aromatic N) is 3. The second-order valence-electron chi connectivity index (χ2n) is 6.92. The van der Waals surface area contributed by atoms with Crippen molar-refractivity contribution in [3.8, 4) is 0 Å². The first kappa shape index (κ1) is 19.2. The molecule has 0 radical (unpaired) electrons. The molecule has 1 aliphatic heterocycles. The lowest BCUT2D eigenvalue weighted by molar-refractivity contribution is -0.131. The second-order valence-corrected chi connectivity index (χ2v) is 9.49. The predicted molar refractivity (Wildman–Crippen MR) is 109 cm³/mol. The molecule has 26 heavy (non-hydrogen) atoms. The van der Waals surface area contributed by atoms with E-state index in [4.69, 9.17) is 0 Å². The number of amides is 1. The van der Waals surface area contributed by atoms with Crippen molar-refractivity contribution in [3.63, 3.8) is 0 Å². The van der Waals surface area contributed by atoms with Gasteiger partial charge < -0.3 is 10.2 Å². The first-order chi connectivity index (χ1) is 12.5. The third-order valence-corrected chi connectivity index (χ3v) is 6.54. The van der Waals surface area contributed by atoms with Gasteiger partial charge in [0.05, 0.1) is 5.25 Å². The number of hydrogen-bond donors (Lipinski definition) is 1. The fourth-order valence-corrected chi connectivity index (χ4v) is 4.96. The van der Waals surface area contributed by atoms with E-state index in [1.807, 2.05) is 11.8 Å². The van der Waals surface area contributed by atoms with Crippen LogP contribution >= 0.6 is 23.1 Å². The molecule has 0 bridgehead atoms. The third kappa shape index (κ3) is 4.98. The maximum absolute atomic E-state index is 12.5. The fourth-order valence-electron chi connectivity index (χ4n) is 2.96. The molecule has 1 amide bonds. The summed E-state index contributed by atoms with van der Waals surface area (Å²) in [5, 5.41) is 12.3. The Kier molecular flexibility index (Phi) is 6.53. The summed E-state index contributed by atoms with van der Waals surface area (Å²) in [6.45, 7) is 8.10. The number of benzene rings is 1. The van der Waals surface area contributed by atoms with E-state index in [1.165, 1.54) is 35.1 Å². The molecule has 1 N–H and O–H groups in total. The number of nitrogens with one attached hydrogen (secondary N) is 1. The zero-order valence-corrected chi connectivity index (χ0v) is 17.2. The Morgan fingerprint density at radius 3 is 2.46 bits per heavy atom. The van der Waals surface area contributed by atoms with Crippen molar-refractivity contribution in [3.05, 3.63) is 29.8 Å². The smallest absolute Gasteiger partial charge is 0.235 e. The second kappa shape index (κ2) is 8.86. The van der Waals surface area contributed by atoms with Crippen LogP contribution in [0, 0.1) is 0 Å². The molecule has 140 valence electrons. The fraction of sp³-hybridized carbons (Fsp3) is 0.526. The maximum atomic E-state index is 12.5. The molecule has 0 saturated carbocycles. The summed E-state index contributed by atoms with van der Waals surface area (Å²) < 4.78 is 0.823. The first-order valence-electron chi connectivity index (χ1n) is 9.19. The lowest BCUT2D eigenvalue weighted by Gasteiger charge is -2.28. The molecule has 3 rings (SSSR count). The van der Waals surface area contributed by atoms with E-state index in [2.05, 4.69) is 53.6 Å². The standard InChI is InChI=1S/C19H26N4OS2/c1-13(2)15-7-9-16(10-8-15)20-18-21-22-19(26-18)25-14(3)17(24)23-11-5-4-6-12-23/h7-10,13-14H,4-6,11-12H2,1-3H3,(H,20,21)/t14-/m0/s1. The monoisotopic (exact) mass is 390 g/mol. The summed E-state index contributed by atoms with van der Waals surface area (Å²) in [4.78, 5) is 14.5. The first-order valence-corrected chi connectivity index (χ1v) is 10.9. The highest BCUT2D eigenvalue weighted by Gasteiger charge is 2.24. The molecular formula is C19H26N4OS2. The van der Waals surface area contributed by atoms with Crippen LogP contribution in [0.15, 0.2) is 28.6 Å². The summed E-state index contributed by atoms with van der Waals surface area (Å²) >= 11 is 2.99. The number of anilines is 2. The Morgan fingerprint density at radius 1 is 1.12 bits per heavy atom. The summed E-state index contributed by atoms with van der Waals surface area (Å²) in [7, 11) is 0. The average Bonchev–Trinajstić information content (AvgIpc) is 3.09. The number of carbonyl (C=O) groups excluding carboxylic acids is 1. The van der Waals surface area contributed by atoms with Gasteiger partial charge in [0.1, 0.15) is 0 Å². The minimum atomic E-state index is -0.126. The van der Waals surface area contributed by atoms with Crippen molar-refractivity contribution in [2.75, 3.05) is 18.4 Å². The van der Waals surface area contributed by atoms with Crippen LogP contribution in [0.25, 0.3) is 0 Å². The Labute approximate surface area is 163 Å². The van der Waals surface area contributed by atoms with Gasteiger partial charge >= 0.3 is 0 Å². The number of carbonyl (C=O) groups is 1. The molecule has 2 aromatic rings. The SMILES string of the molecule is CC(C)c1ccc(Nc2nnc(S[C@@H](C)C(=O)N3CCCCC3)s2)cc1. The van der Waals surface area contributed by atoms with Crippen LogP contribution in [0.3, 0.4) is 0 Å². The van der Waals surface area contributed by atoms with Gasteiger partial charge in [-0.05, 0) is 49.8 Å². The molecule has 1 aromatic heterocycles. The topological polar surface area (TPSA) is 58.1 Å². The van der Waals surface area contributed by atoms with Crippen LogP contribution in [0.1, 0.15) is 51.5 Å². The minimum absolute atomic E-state index is 0.126. The molecule has 0 aliphatic carbocycles. The zero-order valence-electron chi connectivity index (χ0n) is 15.6. The van der Waals surface area contributed by atoms with Gasteiger partial charge in [-0.3, -0.25) is 4.79 Å². The van der Waals surface area contributed by atoms with Gasteiger partial charge in [-0.25, -0.2) is 0 Å². The molecule has 5 nitrogen and oxygen atoms in total. The van der Waals surface area contributed by atoms with Gasteiger partial charge in [0, 0.05) is 18.8 Å². The van der Waals surface area contributed by atoms with Gasteiger partial charge in [0.2, 0.25) is 11.0 Å². The summed E-state index contributed by atoms with van der Waals surface area (Å²) in [5.74, 6) is 0.733. The molecule has 1 fully saturated rings. The van der Waals surface area contributed by atoms with Crippen molar-refractivity contribution < 1.29 is 4.79 Å². The van der Waals surface area contributed by atoms with Gasteiger partial charge in [-0.2, -0.15) is 0 Å². The molecule has 2 heterocycles. The number of hydrogen-bond acceptors (Lipinski definition) is 6. The lowest BCUT2D eigenvalue weighted by atomic mass is 10.0. The highest BCUT2D eigenvalue weighted by Crippen LogP contribution is 2.31. The zero-order chi connectivity index (χ0) is 18.5. The molecule has 1 aromatic carbocycles. The van der Waals surface area contributed by atoms with Crippen molar-refractivity contribution in [1.29, 1.82) is 0 Å². The highest BCUT2D eigenvalue weighted by molar-refractivity contribution is 8.02. The minimum Gasteiger partial charge on any atom is -0.342 e. The van der Waals surface area contributed by atoms with Crippen LogP contribution in [-0.4, -0.2) is 39.3 Å². The van der Waals surface area contributed by atoms with E-state index in [1.54, 1.807) is 0 Å². The average molecular weight is 391 g/mol. The van der Waals surface area contributed by atoms with Crippen LogP contribution in [0.2, 0.25) is 0 Å². The Hall–Kier alpha value is -1.60. The van der Waals surface area contributed by atoms with Crippen molar-refractivity contribution in [2.24, 2.45) is 0 Å². The maximum Gasteiger partial charge on any atom is 0.235 e. The van der Waals surface area contributed by atoms with Crippen LogP contribution in [-0.2, 0) is 4.79 Å². The number of aromatic nitrogens is 2. The van der Waals surface area contributed by atoms with E-state index in [9.17, 15) is 4.79 Å². The van der Waals surface area contributed by atoms with E-state index < -0.39 is 0 Å². The lowest BCUT2D eigenvalue weighted by Crippen LogP contribution is -2.40. The molecular weight excluding hydrogens is 364 g/mol. The quantitative estimate of drug-likeness (QED) is 0.711. The molecule has 1 aliphatic rings. The van der Waals surface area contributed by atoms with Gasteiger partial charge in [0.25, 0.3) is 0 Å². The molecule has 1 saturated heterocycles. The summed E-state index contributed by atoms with van der Waals surface area (Å²) in [6, 6.07) is 8.38. The number of thioether (sulfide) groups is 1. The molecule has 0 spiro atoms. The van der Waals surface area contributed by atoms with Gasteiger partial charge in [-0.1, -0.05) is 49.1 Å². The van der Waals surface area contributed by atoms with Crippen LogP contribution in [0.5, 0.6) is 0 Å². The number of likely N-dealkylation sites (tertiary alicyclic amines) is 1. The Balaban J connectivity index is 1.56. The van der Waals surface area contributed by atoms with Crippen molar-refractivity contribution in [1.82, 2.24) is 15.1 Å². The Bertz CT molecular complexity index is 723. The van der Waals surface area contributed by atoms with E-state index in [-0.39, 0.29) is 11.2 Å². The largest absolute Gasteiger partial charge is 0.342 e. The predicted octanol–water partition coefficient (Wildman–Crippen LogP) is 4.90. The van der Waals surface area contributed by atoms with Crippen LogP contribution < -0.4 is 5.32 Å². The normalized spacial score (nSPS) is 15.9. The van der Waals surface area contributed by atoms with Gasteiger partial charge in [-0.15, -0.1) is 10.2 Å². The van der Waals surface area contributed by atoms with Gasteiger partial charge in [0.15, 0.2) is 4.34 Å². The van der Waals surface area contributed by atoms with Crippen molar-refractivity contribution >= 4 is 39.8 Å². The molecule has 1 atom stereocenters. The molecule has 0 unspecified atom stereocenters. The van der Waals surface area contributed by atoms with Crippen molar-refractivity contribution in [2.45, 2.75) is 55.5 Å². The number of piperidine rings is 1. The van der Waals surface area contributed by atoms with Crippen LogP contribution in [0.4, 0.5) is 10.8 Å². The highest BCUT2D eigenvalue weighted by atomic mass is 32.2. The van der Waals surface area contributed by atoms with E-state index in [0.717, 1.165) is 41.1 Å². The third-order valence-electron chi connectivity index (χ3n) is 4.53. The number of rotatable bonds is 6. The Morgan fingerprint density at radius 2 is 1.81 bits per heavy atom. The summed E-state index contributed by atoms with van der Waals surface area (Å²) in [6.07, 6.45) is 3.46. The molecule has 7 heteroatoms. The van der Waals surface area contributed by atoms with E-state index in [0.29, 0.717) is 5.92 Å². The summed E-state index contributed by atoms with van der Waals surface area (Å²) in [5.41, 5.74) is 2.31. The van der Waals surface area contributed by atoms with E-state index >= 15 is 0 Å².